The molecular formula is C16H16N2O4S. The molecule has 2 heterocycles. The molecular weight excluding hydrogens is 316 g/mol. The van der Waals surface area contributed by atoms with Crippen molar-refractivity contribution in [3.05, 3.63) is 66.2 Å². The summed E-state index contributed by atoms with van der Waals surface area (Å²) in [4.78, 5) is 4.24. The van der Waals surface area contributed by atoms with Gasteiger partial charge in [-0.25, -0.2) is 13.1 Å². The van der Waals surface area contributed by atoms with E-state index in [2.05, 4.69) is 9.71 Å². The molecule has 3 rings (SSSR count). The van der Waals surface area contributed by atoms with E-state index in [1.807, 2.05) is 12.1 Å². The first-order chi connectivity index (χ1) is 11.1. The number of hydrogen-bond acceptors (Lipinski definition) is 5. The second-order valence-corrected chi connectivity index (χ2v) is 6.94. The average Bonchev–Trinajstić information content (AvgIpc) is 3.07. The minimum atomic E-state index is -3.60. The summed E-state index contributed by atoms with van der Waals surface area (Å²) in [5.74, 6) is 0.117. The van der Waals surface area contributed by atoms with Crippen LogP contribution in [-0.4, -0.2) is 25.1 Å². The Balaban J connectivity index is 1.73. The largest absolute Gasteiger partial charge is 0.467 e. The number of hydrogen-bond donors (Lipinski definition) is 2. The van der Waals surface area contributed by atoms with Crippen LogP contribution in [0.15, 0.2) is 59.3 Å². The lowest BCUT2D eigenvalue weighted by molar-refractivity contribution is 0.154. The summed E-state index contributed by atoms with van der Waals surface area (Å²) in [6.07, 6.45) is 2.03. The third kappa shape index (κ3) is 3.76. The van der Waals surface area contributed by atoms with Crippen molar-refractivity contribution in [1.82, 2.24) is 9.71 Å². The number of aromatic nitrogens is 1. The highest BCUT2D eigenvalue weighted by Gasteiger charge is 2.17. The van der Waals surface area contributed by atoms with E-state index in [4.69, 9.17) is 4.42 Å². The molecule has 0 aliphatic rings. The Morgan fingerprint density at radius 1 is 1.17 bits per heavy atom. The van der Waals surface area contributed by atoms with Gasteiger partial charge >= 0.3 is 0 Å². The Hall–Kier alpha value is -2.22. The monoisotopic (exact) mass is 332 g/mol. The van der Waals surface area contributed by atoms with Gasteiger partial charge in [-0.1, -0.05) is 24.3 Å². The fourth-order valence-corrected chi connectivity index (χ4v) is 3.48. The molecule has 6 nitrogen and oxygen atoms in total. The quantitative estimate of drug-likeness (QED) is 0.720. The van der Waals surface area contributed by atoms with Crippen molar-refractivity contribution in [2.24, 2.45) is 0 Å². The van der Waals surface area contributed by atoms with Crippen LogP contribution in [0.3, 0.4) is 0 Å². The van der Waals surface area contributed by atoms with Gasteiger partial charge in [0.1, 0.15) is 11.9 Å². The fraction of sp³-hybridized carbons (Fsp3) is 0.188. The van der Waals surface area contributed by atoms with Gasteiger partial charge in [0.05, 0.1) is 17.5 Å². The number of aliphatic hydroxyl groups is 1. The zero-order valence-electron chi connectivity index (χ0n) is 12.2. The molecule has 7 heteroatoms. The van der Waals surface area contributed by atoms with E-state index in [1.165, 1.54) is 6.26 Å². The maximum absolute atomic E-state index is 12.2. The number of aliphatic hydroxyl groups excluding tert-OH is 1. The number of fused-ring (bicyclic) bond motifs is 1. The molecule has 2 N–H and O–H groups in total. The molecule has 1 aromatic carbocycles. The van der Waals surface area contributed by atoms with Gasteiger partial charge in [-0.05, 0) is 23.8 Å². The highest BCUT2D eigenvalue weighted by molar-refractivity contribution is 7.88. The molecule has 2 aromatic heterocycles. The molecule has 0 spiro atoms. The maximum Gasteiger partial charge on any atom is 0.215 e. The van der Waals surface area contributed by atoms with Gasteiger partial charge in [-0.2, -0.15) is 0 Å². The fourth-order valence-electron chi connectivity index (χ4n) is 2.33. The van der Waals surface area contributed by atoms with Crippen LogP contribution in [0.25, 0.3) is 10.9 Å². The lowest BCUT2D eigenvalue weighted by atomic mass is 10.1. The number of sulfonamides is 1. The summed E-state index contributed by atoms with van der Waals surface area (Å²) in [6, 6.07) is 12.3. The summed E-state index contributed by atoms with van der Waals surface area (Å²) >= 11 is 0. The van der Waals surface area contributed by atoms with Crippen molar-refractivity contribution in [3.8, 4) is 0 Å². The van der Waals surface area contributed by atoms with Crippen LogP contribution in [0.2, 0.25) is 0 Å². The number of nitrogens with one attached hydrogen (secondary N) is 1. The zero-order valence-corrected chi connectivity index (χ0v) is 13.0. The van der Waals surface area contributed by atoms with Gasteiger partial charge in [-0.15, -0.1) is 0 Å². The normalized spacial score (nSPS) is 13.3. The van der Waals surface area contributed by atoms with Crippen LogP contribution < -0.4 is 4.72 Å². The average molecular weight is 332 g/mol. The van der Waals surface area contributed by atoms with Crippen LogP contribution in [0.1, 0.15) is 17.4 Å². The van der Waals surface area contributed by atoms with Gasteiger partial charge in [-0.3, -0.25) is 4.98 Å². The predicted molar refractivity (Wildman–Crippen MR) is 86.0 cm³/mol. The number of nitrogens with zero attached hydrogens (tertiary/aromatic N) is 1. The van der Waals surface area contributed by atoms with Crippen molar-refractivity contribution < 1.29 is 17.9 Å². The molecule has 0 bridgehead atoms. The van der Waals surface area contributed by atoms with Gasteiger partial charge in [0.25, 0.3) is 0 Å². The van der Waals surface area contributed by atoms with E-state index in [-0.39, 0.29) is 12.3 Å². The first kappa shape index (κ1) is 15.7. The summed E-state index contributed by atoms with van der Waals surface area (Å²) in [5.41, 5.74) is 1.27. The van der Waals surface area contributed by atoms with Gasteiger partial charge in [0, 0.05) is 18.1 Å². The third-order valence-corrected chi connectivity index (χ3v) is 4.73. The van der Waals surface area contributed by atoms with Gasteiger partial charge < -0.3 is 9.52 Å². The SMILES string of the molecule is O=S(=O)(Cc1cccc2cccnc12)NCC(O)c1ccco1. The van der Waals surface area contributed by atoms with E-state index < -0.39 is 16.1 Å². The van der Waals surface area contributed by atoms with Gasteiger partial charge in [0.2, 0.25) is 10.0 Å². The van der Waals surface area contributed by atoms with Crippen molar-refractivity contribution >= 4 is 20.9 Å². The van der Waals surface area contributed by atoms with E-state index in [0.717, 1.165) is 5.39 Å². The molecule has 0 saturated carbocycles. The molecule has 0 aliphatic carbocycles. The second kappa shape index (κ2) is 6.49. The van der Waals surface area contributed by atoms with Crippen molar-refractivity contribution in [3.63, 3.8) is 0 Å². The van der Waals surface area contributed by atoms with Crippen LogP contribution in [0.5, 0.6) is 0 Å². The molecule has 23 heavy (non-hydrogen) atoms. The first-order valence-corrected chi connectivity index (χ1v) is 8.72. The summed E-state index contributed by atoms with van der Waals surface area (Å²) in [5, 5.41) is 10.8. The molecule has 0 amide bonds. The molecule has 1 atom stereocenters. The number of para-hydroxylation sites is 1. The van der Waals surface area contributed by atoms with Crippen molar-refractivity contribution in [2.45, 2.75) is 11.9 Å². The smallest absolute Gasteiger partial charge is 0.215 e. The van der Waals surface area contributed by atoms with Crippen LogP contribution in [-0.2, 0) is 15.8 Å². The molecule has 0 fully saturated rings. The Kier molecular flexibility index (Phi) is 4.42. The topological polar surface area (TPSA) is 92.4 Å². The predicted octanol–water partition coefficient (Wildman–Crippen LogP) is 1.98. The van der Waals surface area contributed by atoms with Crippen LogP contribution in [0.4, 0.5) is 0 Å². The highest BCUT2D eigenvalue weighted by Crippen LogP contribution is 2.18. The van der Waals surface area contributed by atoms with E-state index in [1.54, 1.807) is 36.5 Å². The lowest BCUT2D eigenvalue weighted by Gasteiger charge is -2.11. The third-order valence-electron chi connectivity index (χ3n) is 3.43. The summed E-state index contributed by atoms with van der Waals surface area (Å²) in [7, 11) is -3.60. The van der Waals surface area contributed by atoms with E-state index in [9.17, 15) is 13.5 Å². The summed E-state index contributed by atoms with van der Waals surface area (Å²) < 4.78 is 31.9. The molecule has 120 valence electrons. The Labute approximate surface area is 133 Å². The summed E-state index contributed by atoms with van der Waals surface area (Å²) in [6.45, 7) is -0.145. The maximum atomic E-state index is 12.2. The second-order valence-electron chi connectivity index (χ2n) is 5.13. The molecule has 3 aromatic rings. The lowest BCUT2D eigenvalue weighted by Crippen LogP contribution is -2.29. The minimum Gasteiger partial charge on any atom is -0.467 e. The number of pyridine rings is 1. The first-order valence-electron chi connectivity index (χ1n) is 7.06. The van der Waals surface area contributed by atoms with Crippen molar-refractivity contribution in [1.29, 1.82) is 0 Å². The minimum absolute atomic E-state index is 0.145. The number of benzene rings is 1. The van der Waals surface area contributed by atoms with Gasteiger partial charge in [0.15, 0.2) is 0 Å². The van der Waals surface area contributed by atoms with E-state index >= 15 is 0 Å². The molecule has 1 unspecified atom stereocenters. The van der Waals surface area contributed by atoms with E-state index in [0.29, 0.717) is 16.8 Å². The Bertz CT molecular complexity index is 886. The number of furan rings is 1. The van der Waals surface area contributed by atoms with Crippen LogP contribution in [0, 0.1) is 0 Å². The Morgan fingerprint density at radius 2 is 2.00 bits per heavy atom. The standard InChI is InChI=1S/C16H16N2O4S/c19-14(15-7-3-9-22-15)10-18-23(20,21)11-13-5-1-4-12-6-2-8-17-16(12)13/h1-9,14,18-19H,10-11H2. The zero-order chi connectivity index (χ0) is 16.3. The molecule has 0 aliphatic heterocycles. The Morgan fingerprint density at radius 3 is 2.78 bits per heavy atom. The van der Waals surface area contributed by atoms with Crippen LogP contribution >= 0.6 is 0 Å². The highest BCUT2D eigenvalue weighted by atomic mass is 32.2. The van der Waals surface area contributed by atoms with Crippen molar-refractivity contribution in [2.75, 3.05) is 6.54 Å². The number of rotatable bonds is 6. The molecule has 0 saturated heterocycles. The molecule has 0 radical (unpaired) electrons.